The minimum Gasteiger partial charge on any atom is -0.473 e. The lowest BCUT2D eigenvalue weighted by Crippen LogP contribution is -2.12. The highest BCUT2D eigenvalue weighted by Gasteiger charge is 2.10. The third-order valence-corrected chi connectivity index (χ3v) is 5.03. The van der Waals surface area contributed by atoms with Gasteiger partial charge in [-0.2, -0.15) is 0 Å². The Morgan fingerprint density at radius 1 is 0.935 bits per heavy atom. The number of nitrogens with one attached hydrogen (secondary N) is 1. The average Bonchev–Trinajstić information content (AvgIpc) is 2.79. The molecule has 0 bridgehead atoms. The highest BCUT2D eigenvalue weighted by atomic mass is 35.5. The second-order valence-electron chi connectivity index (χ2n) is 6.64. The lowest BCUT2D eigenvalue weighted by molar-refractivity contribution is 0.102. The molecule has 2 aromatic heterocycles. The van der Waals surface area contributed by atoms with E-state index in [-0.39, 0.29) is 12.5 Å². The minimum atomic E-state index is -0.245. The molecule has 0 atom stereocenters. The van der Waals surface area contributed by atoms with E-state index in [1.54, 1.807) is 48.7 Å². The van der Waals surface area contributed by atoms with Crippen LogP contribution < -0.4 is 10.1 Å². The maximum atomic E-state index is 12.6. The number of ether oxygens (including phenoxy) is 1. The second kappa shape index (κ2) is 9.60. The molecular weight excluding hydrogens is 433 g/mol. The fourth-order valence-electron chi connectivity index (χ4n) is 2.89. The largest absolute Gasteiger partial charge is 0.473 e. The summed E-state index contributed by atoms with van der Waals surface area (Å²) in [7, 11) is 0. The molecule has 0 aliphatic heterocycles. The van der Waals surface area contributed by atoms with Gasteiger partial charge in [0.15, 0.2) is 0 Å². The van der Waals surface area contributed by atoms with Crippen molar-refractivity contribution in [3.63, 3.8) is 0 Å². The van der Waals surface area contributed by atoms with Crippen molar-refractivity contribution in [1.82, 2.24) is 9.97 Å². The molecule has 0 saturated heterocycles. The van der Waals surface area contributed by atoms with Gasteiger partial charge in [-0.1, -0.05) is 53.5 Å². The van der Waals surface area contributed by atoms with Crippen LogP contribution in [-0.2, 0) is 6.61 Å². The number of aromatic nitrogens is 2. The molecule has 154 valence electrons. The van der Waals surface area contributed by atoms with Crippen LogP contribution in [0.1, 0.15) is 15.9 Å². The summed E-state index contributed by atoms with van der Waals surface area (Å²) in [4.78, 5) is 21.2. The summed E-state index contributed by atoms with van der Waals surface area (Å²) < 4.78 is 5.81. The highest BCUT2D eigenvalue weighted by Crippen LogP contribution is 2.24. The molecule has 1 N–H and O–H groups in total. The van der Waals surface area contributed by atoms with Crippen LogP contribution in [0.2, 0.25) is 10.0 Å². The third-order valence-electron chi connectivity index (χ3n) is 4.44. The van der Waals surface area contributed by atoms with E-state index >= 15 is 0 Å². The first-order valence-electron chi connectivity index (χ1n) is 9.45. The standard InChI is InChI=1S/C24H17Cl2N3O2/c25-19-11-10-18(20(26)14-19)15-31-23-9-4-7-21(28-23)16-5-3-6-17(13-16)24(30)29-22-8-1-2-12-27-22/h1-14H,15H2,(H,27,29,30). The first-order valence-corrected chi connectivity index (χ1v) is 10.2. The van der Waals surface area contributed by atoms with Gasteiger partial charge in [0.05, 0.1) is 5.69 Å². The summed E-state index contributed by atoms with van der Waals surface area (Å²) in [5.41, 5.74) is 2.80. The average molecular weight is 450 g/mol. The number of hydrogen-bond acceptors (Lipinski definition) is 4. The van der Waals surface area contributed by atoms with E-state index in [1.165, 1.54) is 0 Å². The second-order valence-corrected chi connectivity index (χ2v) is 7.48. The first kappa shape index (κ1) is 20.8. The lowest BCUT2D eigenvalue weighted by Gasteiger charge is -2.10. The van der Waals surface area contributed by atoms with Gasteiger partial charge in [0, 0.05) is 39.0 Å². The first-order chi connectivity index (χ1) is 15.1. The van der Waals surface area contributed by atoms with Gasteiger partial charge in [0.2, 0.25) is 5.88 Å². The zero-order valence-electron chi connectivity index (χ0n) is 16.3. The summed E-state index contributed by atoms with van der Waals surface area (Å²) in [5.74, 6) is 0.699. The SMILES string of the molecule is O=C(Nc1ccccn1)c1cccc(-c2cccc(OCc3ccc(Cl)cc3Cl)n2)c1. The maximum absolute atomic E-state index is 12.6. The summed E-state index contributed by atoms with van der Waals surface area (Å²) in [6.45, 7) is 0.263. The van der Waals surface area contributed by atoms with Crippen LogP contribution in [0.15, 0.2) is 85.1 Å². The lowest BCUT2D eigenvalue weighted by atomic mass is 10.1. The molecule has 0 aliphatic carbocycles. The van der Waals surface area contributed by atoms with Gasteiger partial charge in [-0.25, -0.2) is 9.97 Å². The van der Waals surface area contributed by atoms with E-state index in [4.69, 9.17) is 27.9 Å². The van der Waals surface area contributed by atoms with Gasteiger partial charge in [-0.05, 0) is 42.5 Å². The van der Waals surface area contributed by atoms with E-state index in [0.29, 0.717) is 33.0 Å². The Morgan fingerprint density at radius 2 is 1.81 bits per heavy atom. The Kier molecular flexibility index (Phi) is 6.46. The Morgan fingerprint density at radius 3 is 2.61 bits per heavy atom. The number of pyridine rings is 2. The normalized spacial score (nSPS) is 10.5. The summed E-state index contributed by atoms with van der Waals surface area (Å²) in [5, 5.41) is 3.89. The molecule has 4 aromatic rings. The van der Waals surface area contributed by atoms with E-state index in [1.807, 2.05) is 36.4 Å². The fraction of sp³-hybridized carbons (Fsp3) is 0.0417. The van der Waals surface area contributed by atoms with Crippen molar-refractivity contribution in [3.05, 3.63) is 106 Å². The summed E-state index contributed by atoms with van der Waals surface area (Å²) >= 11 is 12.1. The van der Waals surface area contributed by atoms with Gasteiger partial charge >= 0.3 is 0 Å². The van der Waals surface area contributed by atoms with Crippen LogP contribution >= 0.6 is 23.2 Å². The van der Waals surface area contributed by atoms with Crippen LogP contribution in [-0.4, -0.2) is 15.9 Å². The summed E-state index contributed by atoms with van der Waals surface area (Å²) in [6, 6.07) is 23.3. The van der Waals surface area contributed by atoms with E-state index in [0.717, 1.165) is 11.1 Å². The Hall–Kier alpha value is -3.41. The molecule has 1 amide bonds. The van der Waals surface area contributed by atoms with Crippen molar-refractivity contribution >= 4 is 34.9 Å². The number of halogens is 2. The molecule has 0 radical (unpaired) electrons. The van der Waals surface area contributed by atoms with Crippen LogP contribution in [0, 0.1) is 0 Å². The predicted molar refractivity (Wildman–Crippen MR) is 123 cm³/mol. The van der Waals surface area contributed by atoms with Gasteiger partial charge in [0.25, 0.3) is 5.91 Å². The molecule has 5 nitrogen and oxygen atoms in total. The number of benzene rings is 2. The van der Waals surface area contributed by atoms with Gasteiger partial charge in [-0.15, -0.1) is 0 Å². The quantitative estimate of drug-likeness (QED) is 0.376. The van der Waals surface area contributed by atoms with Crippen LogP contribution in [0.3, 0.4) is 0 Å². The number of carbonyl (C=O) groups is 1. The van der Waals surface area contributed by atoms with Crippen molar-refractivity contribution in [2.24, 2.45) is 0 Å². The van der Waals surface area contributed by atoms with Crippen LogP contribution in [0.5, 0.6) is 5.88 Å². The molecule has 0 unspecified atom stereocenters. The molecular formula is C24H17Cl2N3O2. The van der Waals surface area contributed by atoms with Crippen LogP contribution in [0.4, 0.5) is 5.82 Å². The van der Waals surface area contributed by atoms with E-state index < -0.39 is 0 Å². The number of carbonyl (C=O) groups excluding carboxylic acids is 1. The molecule has 2 heterocycles. The fourth-order valence-corrected chi connectivity index (χ4v) is 3.35. The molecule has 4 rings (SSSR count). The number of anilines is 1. The molecule has 0 saturated carbocycles. The topological polar surface area (TPSA) is 64.1 Å². The monoisotopic (exact) mass is 449 g/mol. The molecule has 7 heteroatoms. The van der Waals surface area contributed by atoms with Crippen molar-refractivity contribution in [2.75, 3.05) is 5.32 Å². The van der Waals surface area contributed by atoms with Crippen molar-refractivity contribution < 1.29 is 9.53 Å². The highest BCUT2D eigenvalue weighted by molar-refractivity contribution is 6.35. The van der Waals surface area contributed by atoms with Crippen molar-refractivity contribution in [2.45, 2.75) is 6.61 Å². The zero-order valence-corrected chi connectivity index (χ0v) is 17.8. The van der Waals surface area contributed by atoms with Crippen LogP contribution in [0.25, 0.3) is 11.3 Å². The predicted octanol–water partition coefficient (Wildman–Crippen LogP) is 6.28. The van der Waals surface area contributed by atoms with Crippen molar-refractivity contribution in [3.8, 4) is 17.1 Å². The van der Waals surface area contributed by atoms with Gasteiger partial charge < -0.3 is 10.1 Å². The Balaban J connectivity index is 1.49. The molecule has 0 fully saturated rings. The van der Waals surface area contributed by atoms with E-state index in [2.05, 4.69) is 15.3 Å². The molecule has 0 spiro atoms. The number of rotatable bonds is 6. The van der Waals surface area contributed by atoms with Gasteiger partial charge in [-0.3, -0.25) is 4.79 Å². The number of hydrogen-bond donors (Lipinski definition) is 1. The Labute approximate surface area is 189 Å². The third kappa shape index (κ3) is 5.40. The Bertz CT molecular complexity index is 1220. The molecule has 2 aromatic carbocycles. The maximum Gasteiger partial charge on any atom is 0.256 e. The zero-order chi connectivity index (χ0) is 21.6. The minimum absolute atomic E-state index is 0.245. The summed E-state index contributed by atoms with van der Waals surface area (Å²) in [6.07, 6.45) is 1.62. The smallest absolute Gasteiger partial charge is 0.256 e. The van der Waals surface area contributed by atoms with Crippen molar-refractivity contribution in [1.29, 1.82) is 0 Å². The molecule has 31 heavy (non-hydrogen) atoms. The number of nitrogens with zero attached hydrogens (tertiary/aromatic N) is 2. The molecule has 0 aliphatic rings. The number of amides is 1. The van der Waals surface area contributed by atoms with E-state index in [9.17, 15) is 4.79 Å². The van der Waals surface area contributed by atoms with Gasteiger partial charge in [0.1, 0.15) is 12.4 Å².